The number of ketones is 1. The van der Waals surface area contributed by atoms with Gasteiger partial charge in [0.25, 0.3) is 0 Å². The number of amides is 5. The smallest absolute Gasteiger partial charge is 0.324 e. The predicted octanol–water partition coefficient (Wildman–Crippen LogP) is 3.23. The zero-order valence-corrected chi connectivity index (χ0v) is 18.3. The van der Waals surface area contributed by atoms with E-state index in [9.17, 15) is 24.0 Å². The van der Waals surface area contributed by atoms with Crippen LogP contribution in [0.4, 0.5) is 10.5 Å². The summed E-state index contributed by atoms with van der Waals surface area (Å²) < 4.78 is 0. The van der Waals surface area contributed by atoms with Crippen LogP contribution < -0.4 is 5.32 Å². The maximum Gasteiger partial charge on any atom is 0.334 e. The highest BCUT2D eigenvalue weighted by Gasteiger charge is 2.49. The zero-order valence-electron chi connectivity index (χ0n) is 18.3. The number of rotatable bonds is 6. The third-order valence-corrected chi connectivity index (χ3v) is 6.27. The number of hydrogen-bond acceptors (Lipinski definition) is 5. The Bertz CT molecular complexity index is 1110. The molecule has 1 saturated heterocycles. The maximum atomic E-state index is 12.9. The SMILES string of the molecule is CC1CCCCC1N1C(=O)C(=O)N(CC(=O)Nc2ccccc2C(=O)c2ccccc2)C1=O. The fourth-order valence-electron chi connectivity index (χ4n) is 4.50. The summed E-state index contributed by atoms with van der Waals surface area (Å²) in [6.45, 7) is 1.36. The van der Waals surface area contributed by atoms with Gasteiger partial charge in [0.05, 0.1) is 5.69 Å². The molecular weight excluding hydrogens is 422 g/mol. The average Bonchev–Trinajstić information content (AvgIpc) is 3.03. The minimum absolute atomic E-state index is 0.101. The van der Waals surface area contributed by atoms with Crippen molar-refractivity contribution >= 4 is 35.2 Å². The Morgan fingerprint density at radius 2 is 1.58 bits per heavy atom. The summed E-state index contributed by atoms with van der Waals surface area (Å²) in [4.78, 5) is 65.2. The fourth-order valence-corrected chi connectivity index (χ4v) is 4.50. The van der Waals surface area contributed by atoms with Gasteiger partial charge in [-0.1, -0.05) is 62.2 Å². The Labute approximate surface area is 191 Å². The summed E-state index contributed by atoms with van der Waals surface area (Å²) in [5.41, 5.74) is 1.01. The van der Waals surface area contributed by atoms with E-state index >= 15 is 0 Å². The lowest BCUT2D eigenvalue weighted by Crippen LogP contribution is -2.46. The van der Waals surface area contributed by atoms with Gasteiger partial charge >= 0.3 is 17.8 Å². The van der Waals surface area contributed by atoms with Crippen molar-refractivity contribution in [3.8, 4) is 0 Å². The van der Waals surface area contributed by atoms with E-state index in [2.05, 4.69) is 5.32 Å². The Kier molecular flexibility index (Phi) is 6.35. The van der Waals surface area contributed by atoms with E-state index in [-0.39, 0.29) is 29.0 Å². The van der Waals surface area contributed by atoms with Crippen molar-refractivity contribution in [3.63, 3.8) is 0 Å². The topological polar surface area (TPSA) is 104 Å². The summed E-state index contributed by atoms with van der Waals surface area (Å²) in [6.07, 6.45) is 3.44. The van der Waals surface area contributed by atoms with Crippen molar-refractivity contribution in [3.05, 3.63) is 65.7 Å². The maximum absolute atomic E-state index is 12.9. The average molecular weight is 447 g/mol. The summed E-state index contributed by atoms with van der Waals surface area (Å²) >= 11 is 0. The number of anilines is 1. The molecule has 0 radical (unpaired) electrons. The normalized spacial score (nSPS) is 20.8. The van der Waals surface area contributed by atoms with Gasteiger partial charge < -0.3 is 5.32 Å². The Hall–Kier alpha value is -3.81. The quantitative estimate of drug-likeness (QED) is 0.416. The first-order valence-electron chi connectivity index (χ1n) is 11.1. The molecule has 1 heterocycles. The van der Waals surface area contributed by atoms with Crippen LogP contribution in [-0.4, -0.2) is 51.9 Å². The second-order valence-electron chi connectivity index (χ2n) is 8.47. The van der Waals surface area contributed by atoms with Gasteiger partial charge in [-0.2, -0.15) is 0 Å². The Morgan fingerprint density at radius 1 is 0.909 bits per heavy atom. The summed E-state index contributed by atoms with van der Waals surface area (Å²) in [5, 5.41) is 2.61. The molecule has 170 valence electrons. The van der Waals surface area contributed by atoms with Crippen LogP contribution in [0.1, 0.15) is 48.5 Å². The number of imide groups is 2. The van der Waals surface area contributed by atoms with Crippen LogP contribution in [0.15, 0.2) is 54.6 Å². The molecule has 1 saturated carbocycles. The Morgan fingerprint density at radius 3 is 2.30 bits per heavy atom. The Balaban J connectivity index is 1.48. The zero-order chi connectivity index (χ0) is 23.5. The number of carbonyl (C=O) groups is 5. The number of urea groups is 1. The van der Waals surface area contributed by atoms with Crippen LogP contribution in [0.2, 0.25) is 0 Å². The number of para-hydroxylation sites is 1. The molecule has 1 aliphatic carbocycles. The van der Waals surface area contributed by atoms with Crippen molar-refractivity contribution < 1.29 is 24.0 Å². The van der Waals surface area contributed by atoms with Gasteiger partial charge in [-0.3, -0.25) is 24.1 Å². The summed E-state index contributed by atoms with van der Waals surface area (Å²) in [7, 11) is 0. The van der Waals surface area contributed by atoms with E-state index in [1.807, 2.05) is 6.92 Å². The second-order valence-corrected chi connectivity index (χ2v) is 8.47. The molecule has 8 heteroatoms. The van der Waals surface area contributed by atoms with Gasteiger partial charge in [-0.15, -0.1) is 0 Å². The van der Waals surface area contributed by atoms with Crippen LogP contribution >= 0.6 is 0 Å². The summed E-state index contributed by atoms with van der Waals surface area (Å²) in [6, 6.07) is 14.1. The van der Waals surface area contributed by atoms with Crippen molar-refractivity contribution in [1.29, 1.82) is 0 Å². The van der Waals surface area contributed by atoms with Crippen molar-refractivity contribution in [2.45, 2.75) is 38.6 Å². The lowest BCUT2D eigenvalue weighted by molar-refractivity contribution is -0.145. The highest BCUT2D eigenvalue weighted by molar-refractivity contribution is 6.45. The van der Waals surface area contributed by atoms with Crippen molar-refractivity contribution in [2.24, 2.45) is 5.92 Å². The van der Waals surface area contributed by atoms with Crippen molar-refractivity contribution in [1.82, 2.24) is 9.80 Å². The van der Waals surface area contributed by atoms with Crippen LogP contribution in [0.5, 0.6) is 0 Å². The number of benzene rings is 2. The number of hydrogen-bond donors (Lipinski definition) is 1. The molecule has 8 nitrogen and oxygen atoms in total. The number of carbonyl (C=O) groups excluding carboxylic acids is 5. The molecule has 0 bridgehead atoms. The molecule has 0 spiro atoms. The number of nitrogens with one attached hydrogen (secondary N) is 1. The van der Waals surface area contributed by atoms with Gasteiger partial charge in [0.1, 0.15) is 6.54 Å². The lowest BCUT2D eigenvalue weighted by atomic mass is 9.85. The minimum atomic E-state index is -0.999. The predicted molar refractivity (Wildman–Crippen MR) is 120 cm³/mol. The van der Waals surface area contributed by atoms with Gasteiger partial charge in [0.2, 0.25) is 5.91 Å². The molecule has 2 aromatic rings. The third-order valence-electron chi connectivity index (χ3n) is 6.27. The van der Waals surface area contributed by atoms with Gasteiger partial charge in [-0.05, 0) is 30.9 Å². The first-order valence-corrected chi connectivity index (χ1v) is 11.1. The first kappa shape index (κ1) is 22.4. The van der Waals surface area contributed by atoms with E-state index in [1.165, 1.54) is 0 Å². The molecule has 2 aromatic carbocycles. The highest BCUT2D eigenvalue weighted by atomic mass is 16.2. The molecular formula is C25H25N3O5. The monoisotopic (exact) mass is 447 g/mol. The standard InChI is InChI=1S/C25H25N3O5/c1-16-9-5-8-14-20(16)28-24(32)23(31)27(25(28)33)15-21(29)26-19-13-7-6-12-18(19)22(30)17-10-3-2-4-11-17/h2-4,6-7,10-13,16,20H,5,8-9,14-15H2,1H3,(H,26,29). The molecule has 4 rings (SSSR count). The van der Waals surface area contributed by atoms with Crippen LogP contribution in [0.3, 0.4) is 0 Å². The van der Waals surface area contributed by atoms with E-state index in [0.29, 0.717) is 16.9 Å². The van der Waals surface area contributed by atoms with Gasteiger partial charge in [0.15, 0.2) is 5.78 Å². The van der Waals surface area contributed by atoms with Gasteiger partial charge in [-0.25, -0.2) is 9.69 Å². The summed E-state index contributed by atoms with van der Waals surface area (Å²) in [5.74, 6) is -2.72. The second kappa shape index (κ2) is 9.36. The van der Waals surface area contributed by atoms with Crippen molar-refractivity contribution in [2.75, 3.05) is 11.9 Å². The lowest BCUT2D eigenvalue weighted by Gasteiger charge is -2.34. The minimum Gasteiger partial charge on any atom is -0.324 e. The molecule has 5 amide bonds. The van der Waals surface area contributed by atoms with E-state index in [4.69, 9.17) is 0 Å². The molecule has 2 unspecified atom stereocenters. The largest absolute Gasteiger partial charge is 0.334 e. The van der Waals surface area contributed by atoms with Crippen LogP contribution in [-0.2, 0) is 14.4 Å². The van der Waals surface area contributed by atoms with E-state index < -0.39 is 30.3 Å². The molecule has 33 heavy (non-hydrogen) atoms. The molecule has 2 atom stereocenters. The molecule has 1 N–H and O–H groups in total. The molecule has 0 aromatic heterocycles. The molecule has 2 fully saturated rings. The van der Waals surface area contributed by atoms with Crippen LogP contribution in [0.25, 0.3) is 0 Å². The first-order chi connectivity index (χ1) is 15.9. The molecule has 1 aliphatic heterocycles. The van der Waals surface area contributed by atoms with Crippen LogP contribution in [0, 0.1) is 5.92 Å². The van der Waals surface area contributed by atoms with E-state index in [0.717, 1.165) is 24.2 Å². The third kappa shape index (κ3) is 4.41. The number of nitrogens with zero attached hydrogens (tertiary/aromatic N) is 2. The molecule has 2 aliphatic rings. The van der Waals surface area contributed by atoms with Gasteiger partial charge in [0, 0.05) is 17.2 Å². The highest BCUT2D eigenvalue weighted by Crippen LogP contribution is 2.31. The fraction of sp³-hybridized carbons (Fsp3) is 0.320. The van der Waals surface area contributed by atoms with E-state index in [1.54, 1.807) is 54.6 Å².